The summed E-state index contributed by atoms with van der Waals surface area (Å²) in [6.45, 7) is 2.59. The molecule has 1 aromatic heterocycles. The highest BCUT2D eigenvalue weighted by Crippen LogP contribution is 2.35. The molecule has 0 saturated heterocycles. The summed E-state index contributed by atoms with van der Waals surface area (Å²) >= 11 is 0. The maximum atomic E-state index is 11.3. The minimum atomic E-state index is -0.165. The molecule has 7 nitrogen and oxygen atoms in total. The second kappa shape index (κ2) is 5.01. The fourth-order valence-corrected chi connectivity index (χ4v) is 2.31. The Bertz CT molecular complexity index is 708. The number of carbonyl (C=O) groups excluding carboxylic acids is 1. The van der Waals surface area contributed by atoms with Gasteiger partial charge in [0.1, 0.15) is 5.75 Å². The molecule has 0 fully saturated rings. The van der Waals surface area contributed by atoms with Crippen molar-refractivity contribution < 1.29 is 9.53 Å². The Morgan fingerprint density at radius 1 is 1.52 bits per heavy atom. The van der Waals surface area contributed by atoms with Crippen LogP contribution >= 0.6 is 0 Å². The number of nitrogens with two attached hydrogens (primary N) is 1. The lowest BCUT2D eigenvalue weighted by Crippen LogP contribution is -2.25. The first kappa shape index (κ1) is 13.3. The van der Waals surface area contributed by atoms with Crippen molar-refractivity contribution >= 4 is 23.0 Å². The Labute approximate surface area is 122 Å². The van der Waals surface area contributed by atoms with Crippen LogP contribution in [0.5, 0.6) is 5.75 Å². The van der Waals surface area contributed by atoms with Crippen molar-refractivity contribution in [2.75, 3.05) is 23.0 Å². The number of amides is 1. The number of anilines is 3. The van der Waals surface area contributed by atoms with Crippen molar-refractivity contribution in [2.24, 2.45) is 7.05 Å². The van der Waals surface area contributed by atoms with E-state index in [1.54, 1.807) is 16.8 Å². The monoisotopic (exact) mass is 287 g/mol. The predicted octanol–water partition coefficient (Wildman–Crippen LogP) is 1.25. The maximum absolute atomic E-state index is 11.3. The predicted molar refractivity (Wildman–Crippen MR) is 80.3 cm³/mol. The molecule has 1 aliphatic rings. The standard InChI is InChI=1S/C14H17N5O2/c1-8-9(6-19(2)18-8)5-16-11-4-12-13(3-10(11)15)21-7-14(20)17-12/h3-4,6,16H,5,7,15H2,1-2H3,(H,17,20). The fraction of sp³-hybridized carbons (Fsp3) is 0.286. The van der Waals surface area contributed by atoms with Crippen molar-refractivity contribution in [3.05, 3.63) is 29.6 Å². The number of hydrogen-bond donors (Lipinski definition) is 3. The molecule has 0 spiro atoms. The van der Waals surface area contributed by atoms with Gasteiger partial charge in [-0.15, -0.1) is 0 Å². The highest BCUT2D eigenvalue weighted by Gasteiger charge is 2.18. The molecule has 1 amide bonds. The van der Waals surface area contributed by atoms with Crippen molar-refractivity contribution in [1.29, 1.82) is 0 Å². The van der Waals surface area contributed by atoms with Gasteiger partial charge in [-0.05, 0) is 13.0 Å². The van der Waals surface area contributed by atoms with E-state index >= 15 is 0 Å². The lowest BCUT2D eigenvalue weighted by molar-refractivity contribution is -0.118. The van der Waals surface area contributed by atoms with E-state index in [1.165, 1.54) is 0 Å². The van der Waals surface area contributed by atoms with E-state index in [0.29, 0.717) is 23.7 Å². The number of aromatic nitrogens is 2. The number of aryl methyl sites for hydroxylation is 2. The molecule has 0 unspecified atom stereocenters. The summed E-state index contributed by atoms with van der Waals surface area (Å²) in [7, 11) is 1.89. The molecule has 1 aromatic carbocycles. The number of carbonyl (C=O) groups is 1. The van der Waals surface area contributed by atoms with E-state index in [-0.39, 0.29) is 12.5 Å². The molecule has 4 N–H and O–H groups in total. The lowest BCUT2D eigenvalue weighted by Gasteiger charge is -2.20. The third-order valence-electron chi connectivity index (χ3n) is 3.37. The maximum Gasteiger partial charge on any atom is 0.262 e. The van der Waals surface area contributed by atoms with Crippen molar-refractivity contribution in [3.63, 3.8) is 0 Å². The normalized spacial score (nSPS) is 13.3. The Balaban J connectivity index is 1.81. The highest BCUT2D eigenvalue weighted by atomic mass is 16.5. The first-order valence-electron chi connectivity index (χ1n) is 6.62. The molecule has 1 aliphatic heterocycles. The molecule has 0 saturated carbocycles. The smallest absolute Gasteiger partial charge is 0.262 e. The quantitative estimate of drug-likeness (QED) is 0.739. The zero-order chi connectivity index (χ0) is 15.0. The van der Waals surface area contributed by atoms with E-state index in [4.69, 9.17) is 10.5 Å². The average molecular weight is 287 g/mol. The van der Waals surface area contributed by atoms with Gasteiger partial charge in [0, 0.05) is 31.4 Å². The number of benzene rings is 1. The molecule has 7 heteroatoms. The fourth-order valence-electron chi connectivity index (χ4n) is 2.31. The van der Waals surface area contributed by atoms with Gasteiger partial charge in [0.2, 0.25) is 0 Å². The summed E-state index contributed by atoms with van der Waals surface area (Å²) in [5.74, 6) is 0.427. The van der Waals surface area contributed by atoms with E-state index in [1.807, 2.05) is 20.2 Å². The Hall–Kier alpha value is -2.70. The zero-order valence-electron chi connectivity index (χ0n) is 11.9. The number of nitrogens with zero attached hydrogens (tertiary/aromatic N) is 2. The third-order valence-corrected chi connectivity index (χ3v) is 3.37. The topological polar surface area (TPSA) is 94.2 Å². The van der Waals surface area contributed by atoms with Gasteiger partial charge < -0.3 is 21.1 Å². The number of rotatable bonds is 3. The molecule has 2 heterocycles. The molecule has 0 aliphatic carbocycles. The van der Waals surface area contributed by atoms with Crippen molar-refractivity contribution in [3.8, 4) is 5.75 Å². The van der Waals surface area contributed by atoms with Gasteiger partial charge in [0.25, 0.3) is 5.91 Å². The molecule has 0 bridgehead atoms. The average Bonchev–Trinajstić information content (AvgIpc) is 2.75. The van der Waals surface area contributed by atoms with Gasteiger partial charge in [-0.3, -0.25) is 9.48 Å². The van der Waals surface area contributed by atoms with Crippen molar-refractivity contribution in [1.82, 2.24) is 9.78 Å². The molecule has 110 valence electrons. The van der Waals surface area contributed by atoms with E-state index in [0.717, 1.165) is 16.9 Å². The van der Waals surface area contributed by atoms with Gasteiger partial charge in [-0.1, -0.05) is 0 Å². The van der Waals surface area contributed by atoms with Gasteiger partial charge >= 0.3 is 0 Å². The zero-order valence-corrected chi connectivity index (χ0v) is 11.9. The molecule has 2 aromatic rings. The van der Waals surface area contributed by atoms with E-state index < -0.39 is 0 Å². The van der Waals surface area contributed by atoms with Crippen LogP contribution in [0.15, 0.2) is 18.3 Å². The van der Waals surface area contributed by atoms with Crippen LogP contribution in [0.3, 0.4) is 0 Å². The van der Waals surface area contributed by atoms with Gasteiger partial charge in [-0.2, -0.15) is 5.10 Å². The van der Waals surface area contributed by atoms with Crippen LogP contribution in [0.25, 0.3) is 0 Å². The SMILES string of the molecule is Cc1nn(C)cc1CNc1cc2c(cc1N)OCC(=O)N2. The molecule has 21 heavy (non-hydrogen) atoms. The second-order valence-electron chi connectivity index (χ2n) is 5.04. The van der Waals surface area contributed by atoms with E-state index in [2.05, 4.69) is 15.7 Å². The van der Waals surface area contributed by atoms with Crippen molar-refractivity contribution in [2.45, 2.75) is 13.5 Å². The number of nitrogens with one attached hydrogen (secondary N) is 2. The molecular weight excluding hydrogens is 270 g/mol. The van der Waals surface area contributed by atoms with Crippen LogP contribution < -0.4 is 21.1 Å². The largest absolute Gasteiger partial charge is 0.482 e. The second-order valence-corrected chi connectivity index (χ2v) is 5.04. The number of fused-ring (bicyclic) bond motifs is 1. The summed E-state index contributed by atoms with van der Waals surface area (Å²) in [4.78, 5) is 11.3. The van der Waals surface area contributed by atoms with Gasteiger partial charge in [-0.25, -0.2) is 0 Å². The number of hydrogen-bond acceptors (Lipinski definition) is 5. The molecule has 3 rings (SSSR count). The first-order valence-corrected chi connectivity index (χ1v) is 6.62. The van der Waals surface area contributed by atoms with Crippen LogP contribution in [-0.4, -0.2) is 22.3 Å². The van der Waals surface area contributed by atoms with Crippen LogP contribution in [0, 0.1) is 6.92 Å². The summed E-state index contributed by atoms with van der Waals surface area (Å²) in [6.07, 6.45) is 1.96. The molecule has 0 atom stereocenters. The molecule has 0 radical (unpaired) electrons. The van der Waals surface area contributed by atoms with Gasteiger partial charge in [0.15, 0.2) is 6.61 Å². The van der Waals surface area contributed by atoms with Crippen LogP contribution in [0.1, 0.15) is 11.3 Å². The summed E-state index contributed by atoms with van der Waals surface area (Å²) in [5, 5.41) is 10.3. The minimum absolute atomic E-state index is 0.0219. The van der Waals surface area contributed by atoms with Gasteiger partial charge in [0.05, 0.1) is 22.8 Å². The lowest BCUT2D eigenvalue weighted by atomic mass is 10.2. The summed E-state index contributed by atoms with van der Waals surface area (Å²) in [5.41, 5.74) is 10.0. The molecular formula is C14H17N5O2. The number of ether oxygens (including phenoxy) is 1. The third kappa shape index (κ3) is 2.62. The number of nitrogen functional groups attached to an aromatic ring is 1. The summed E-state index contributed by atoms with van der Waals surface area (Å²) < 4.78 is 7.10. The van der Waals surface area contributed by atoms with E-state index in [9.17, 15) is 4.79 Å². The van der Waals surface area contributed by atoms with Crippen LogP contribution in [0.2, 0.25) is 0 Å². The Morgan fingerprint density at radius 3 is 3.05 bits per heavy atom. The highest BCUT2D eigenvalue weighted by molar-refractivity contribution is 5.97. The van der Waals surface area contributed by atoms with Crippen LogP contribution in [-0.2, 0) is 18.4 Å². The minimum Gasteiger partial charge on any atom is -0.482 e. The van der Waals surface area contributed by atoms with Crippen LogP contribution in [0.4, 0.5) is 17.1 Å². The Kier molecular flexibility index (Phi) is 3.17. The Morgan fingerprint density at radius 2 is 2.33 bits per heavy atom. The first-order chi connectivity index (χ1) is 10.0. The summed E-state index contributed by atoms with van der Waals surface area (Å²) in [6, 6.07) is 3.50.